The van der Waals surface area contributed by atoms with Gasteiger partial charge in [0.1, 0.15) is 0 Å². The number of morpholine rings is 1. The van der Waals surface area contributed by atoms with Crippen LogP contribution in [0.1, 0.15) is 34.7 Å². The minimum absolute atomic E-state index is 0.00359. The zero-order valence-electron chi connectivity index (χ0n) is 18.5. The van der Waals surface area contributed by atoms with Crippen LogP contribution < -0.4 is 10.6 Å². The van der Waals surface area contributed by atoms with Crippen molar-refractivity contribution in [2.75, 3.05) is 39.4 Å². The van der Waals surface area contributed by atoms with Crippen molar-refractivity contribution < 1.29 is 14.3 Å². The van der Waals surface area contributed by atoms with E-state index in [2.05, 4.69) is 40.7 Å². The lowest BCUT2D eigenvalue weighted by Gasteiger charge is -2.35. The van der Waals surface area contributed by atoms with Crippen LogP contribution in [0.5, 0.6) is 0 Å². The summed E-state index contributed by atoms with van der Waals surface area (Å²) in [5.74, 6) is -0.284. The van der Waals surface area contributed by atoms with E-state index in [9.17, 15) is 9.59 Å². The van der Waals surface area contributed by atoms with Gasteiger partial charge in [0.15, 0.2) is 0 Å². The van der Waals surface area contributed by atoms with Crippen LogP contribution in [0.2, 0.25) is 0 Å². The van der Waals surface area contributed by atoms with Gasteiger partial charge in [-0.2, -0.15) is 0 Å². The standard InChI is InChI=1S/C25H33N3O3/c1-19-6-8-21(9-7-19)10-11-24(29)27-18-25(30)26-17-23(28-12-14-31-15-13-28)22-5-3-4-20(2)16-22/h3-9,16,23H,10-15,17-18H2,1-2H3,(H,26,30)(H,27,29). The number of hydrogen-bond donors (Lipinski definition) is 2. The highest BCUT2D eigenvalue weighted by molar-refractivity contribution is 5.84. The maximum atomic E-state index is 12.4. The van der Waals surface area contributed by atoms with Gasteiger partial charge in [-0.15, -0.1) is 0 Å². The molecule has 0 aliphatic carbocycles. The third-order valence-corrected chi connectivity index (χ3v) is 5.61. The predicted molar refractivity (Wildman–Crippen MR) is 122 cm³/mol. The van der Waals surface area contributed by atoms with Crippen molar-refractivity contribution in [1.82, 2.24) is 15.5 Å². The number of carbonyl (C=O) groups is 2. The number of ether oxygens (including phenoxy) is 1. The second-order valence-electron chi connectivity index (χ2n) is 8.14. The SMILES string of the molecule is Cc1ccc(CCC(=O)NCC(=O)NCC(c2cccc(C)c2)N2CCOCC2)cc1. The Labute approximate surface area is 185 Å². The quantitative estimate of drug-likeness (QED) is 0.650. The van der Waals surface area contributed by atoms with Gasteiger partial charge in [-0.25, -0.2) is 0 Å². The molecule has 1 unspecified atom stereocenters. The largest absolute Gasteiger partial charge is 0.379 e. The minimum atomic E-state index is -0.172. The molecular formula is C25H33N3O3. The number of aryl methyl sites for hydroxylation is 3. The monoisotopic (exact) mass is 423 g/mol. The summed E-state index contributed by atoms with van der Waals surface area (Å²) < 4.78 is 5.48. The van der Waals surface area contributed by atoms with E-state index in [1.165, 1.54) is 16.7 Å². The molecule has 0 bridgehead atoms. The van der Waals surface area contributed by atoms with E-state index in [-0.39, 0.29) is 24.4 Å². The van der Waals surface area contributed by atoms with E-state index in [0.29, 0.717) is 32.6 Å². The maximum absolute atomic E-state index is 12.4. The lowest BCUT2D eigenvalue weighted by molar-refractivity contribution is -0.126. The van der Waals surface area contributed by atoms with Gasteiger partial charge < -0.3 is 15.4 Å². The van der Waals surface area contributed by atoms with Gasteiger partial charge in [0.2, 0.25) is 11.8 Å². The second kappa shape index (κ2) is 11.6. The predicted octanol–water partition coefficient (Wildman–Crippen LogP) is 2.54. The van der Waals surface area contributed by atoms with E-state index in [1.807, 2.05) is 37.3 Å². The van der Waals surface area contributed by atoms with E-state index in [0.717, 1.165) is 18.7 Å². The summed E-state index contributed by atoms with van der Waals surface area (Å²) in [5, 5.41) is 5.73. The first-order valence-corrected chi connectivity index (χ1v) is 11.0. The van der Waals surface area contributed by atoms with Crippen LogP contribution in [0.25, 0.3) is 0 Å². The summed E-state index contributed by atoms with van der Waals surface area (Å²) >= 11 is 0. The average Bonchev–Trinajstić information content (AvgIpc) is 2.78. The number of nitrogens with one attached hydrogen (secondary N) is 2. The minimum Gasteiger partial charge on any atom is -0.379 e. The Balaban J connectivity index is 1.46. The third-order valence-electron chi connectivity index (χ3n) is 5.61. The fourth-order valence-corrected chi connectivity index (χ4v) is 3.78. The van der Waals surface area contributed by atoms with E-state index in [4.69, 9.17) is 4.74 Å². The van der Waals surface area contributed by atoms with Gasteiger partial charge >= 0.3 is 0 Å². The molecule has 31 heavy (non-hydrogen) atoms. The first kappa shape index (κ1) is 23.0. The van der Waals surface area contributed by atoms with Crippen LogP contribution in [0, 0.1) is 13.8 Å². The van der Waals surface area contributed by atoms with Crippen LogP contribution in [0.15, 0.2) is 48.5 Å². The maximum Gasteiger partial charge on any atom is 0.239 e. The first-order chi connectivity index (χ1) is 15.0. The van der Waals surface area contributed by atoms with Crippen molar-refractivity contribution in [3.8, 4) is 0 Å². The van der Waals surface area contributed by atoms with Crippen molar-refractivity contribution in [3.05, 3.63) is 70.8 Å². The molecule has 1 saturated heterocycles. The van der Waals surface area contributed by atoms with Crippen LogP contribution in [0.3, 0.4) is 0 Å². The topological polar surface area (TPSA) is 70.7 Å². The molecule has 0 radical (unpaired) electrons. The molecule has 6 nitrogen and oxygen atoms in total. The van der Waals surface area contributed by atoms with Crippen LogP contribution in [0.4, 0.5) is 0 Å². The van der Waals surface area contributed by atoms with Crippen LogP contribution in [-0.2, 0) is 20.7 Å². The Morgan fingerprint density at radius 2 is 1.71 bits per heavy atom. The van der Waals surface area contributed by atoms with Crippen molar-refractivity contribution in [1.29, 1.82) is 0 Å². The van der Waals surface area contributed by atoms with E-state index < -0.39 is 0 Å². The Morgan fingerprint density at radius 1 is 0.968 bits per heavy atom. The van der Waals surface area contributed by atoms with E-state index >= 15 is 0 Å². The van der Waals surface area contributed by atoms with Gasteiger partial charge in [0.05, 0.1) is 25.8 Å². The smallest absolute Gasteiger partial charge is 0.239 e. The number of rotatable bonds is 9. The molecule has 2 N–H and O–H groups in total. The van der Waals surface area contributed by atoms with Gasteiger partial charge in [0, 0.05) is 26.1 Å². The third kappa shape index (κ3) is 7.49. The normalized spacial score (nSPS) is 15.3. The molecule has 0 saturated carbocycles. The molecule has 1 aliphatic rings. The molecule has 1 atom stereocenters. The summed E-state index contributed by atoms with van der Waals surface area (Å²) in [6.07, 6.45) is 1.04. The highest BCUT2D eigenvalue weighted by atomic mass is 16.5. The summed E-state index contributed by atoms with van der Waals surface area (Å²) in [6.45, 7) is 7.69. The van der Waals surface area contributed by atoms with Crippen molar-refractivity contribution in [3.63, 3.8) is 0 Å². The molecule has 1 heterocycles. The molecule has 0 spiro atoms. The molecule has 1 aliphatic heterocycles. The molecule has 2 amide bonds. The fourth-order valence-electron chi connectivity index (χ4n) is 3.78. The van der Waals surface area contributed by atoms with Crippen molar-refractivity contribution in [2.45, 2.75) is 32.7 Å². The second-order valence-corrected chi connectivity index (χ2v) is 8.14. The zero-order valence-corrected chi connectivity index (χ0v) is 18.5. The molecule has 0 aromatic heterocycles. The van der Waals surface area contributed by atoms with Gasteiger partial charge in [-0.3, -0.25) is 14.5 Å². The molecule has 3 rings (SSSR count). The number of nitrogens with zero attached hydrogens (tertiary/aromatic N) is 1. The Bertz CT molecular complexity index is 861. The molecule has 2 aromatic rings. The highest BCUT2D eigenvalue weighted by Crippen LogP contribution is 2.22. The van der Waals surface area contributed by atoms with Gasteiger partial charge in [0.25, 0.3) is 0 Å². The Kier molecular flexibility index (Phi) is 8.62. The molecule has 166 valence electrons. The van der Waals surface area contributed by atoms with E-state index in [1.54, 1.807) is 0 Å². The number of amides is 2. The Morgan fingerprint density at radius 3 is 2.42 bits per heavy atom. The Hall–Kier alpha value is -2.70. The fraction of sp³-hybridized carbons (Fsp3) is 0.440. The van der Waals surface area contributed by atoms with Gasteiger partial charge in [-0.1, -0.05) is 59.7 Å². The van der Waals surface area contributed by atoms with Gasteiger partial charge in [-0.05, 0) is 31.4 Å². The number of carbonyl (C=O) groups excluding carboxylic acids is 2. The molecule has 1 fully saturated rings. The molecule has 2 aromatic carbocycles. The van der Waals surface area contributed by atoms with Crippen LogP contribution in [-0.4, -0.2) is 56.1 Å². The summed E-state index contributed by atoms with van der Waals surface area (Å²) in [5.41, 5.74) is 4.70. The summed E-state index contributed by atoms with van der Waals surface area (Å²) in [4.78, 5) is 26.8. The lowest BCUT2D eigenvalue weighted by Crippen LogP contribution is -2.45. The number of benzene rings is 2. The molecule has 6 heteroatoms. The van der Waals surface area contributed by atoms with Crippen molar-refractivity contribution in [2.24, 2.45) is 0 Å². The first-order valence-electron chi connectivity index (χ1n) is 11.0. The summed E-state index contributed by atoms with van der Waals surface area (Å²) in [7, 11) is 0. The van der Waals surface area contributed by atoms with Crippen molar-refractivity contribution >= 4 is 11.8 Å². The lowest BCUT2D eigenvalue weighted by atomic mass is 10.0. The summed E-state index contributed by atoms with van der Waals surface area (Å²) in [6, 6.07) is 16.6. The zero-order chi connectivity index (χ0) is 22.1. The number of hydrogen-bond acceptors (Lipinski definition) is 4. The highest BCUT2D eigenvalue weighted by Gasteiger charge is 2.23. The molecular weight excluding hydrogens is 390 g/mol. The average molecular weight is 424 g/mol. The van der Waals surface area contributed by atoms with Crippen LogP contribution >= 0.6 is 0 Å².